The SMILES string of the molecule is CCC(=O)N[C@H](C)c1ccc(C)cc1C. The highest BCUT2D eigenvalue weighted by molar-refractivity contribution is 5.76. The Labute approximate surface area is 91.7 Å². The molecule has 0 aliphatic heterocycles. The molecular formula is C13H19NO. The molecule has 1 amide bonds. The van der Waals surface area contributed by atoms with Crippen LogP contribution in [0.3, 0.4) is 0 Å². The van der Waals surface area contributed by atoms with E-state index in [2.05, 4.69) is 37.4 Å². The van der Waals surface area contributed by atoms with Crippen LogP contribution in [0.1, 0.15) is 43.0 Å². The molecule has 2 heteroatoms. The maximum atomic E-state index is 11.3. The van der Waals surface area contributed by atoms with Gasteiger partial charge in [-0.05, 0) is 31.9 Å². The lowest BCUT2D eigenvalue weighted by atomic mass is 10.0. The molecule has 1 aromatic carbocycles. The molecule has 0 radical (unpaired) electrons. The third-order valence-electron chi connectivity index (χ3n) is 2.59. The highest BCUT2D eigenvalue weighted by Gasteiger charge is 2.09. The van der Waals surface area contributed by atoms with Crippen molar-refractivity contribution in [2.45, 2.75) is 40.2 Å². The lowest BCUT2D eigenvalue weighted by molar-refractivity contribution is -0.121. The van der Waals surface area contributed by atoms with Crippen LogP contribution in [-0.2, 0) is 4.79 Å². The summed E-state index contributed by atoms with van der Waals surface area (Å²) in [4.78, 5) is 11.3. The second kappa shape index (κ2) is 4.96. The Morgan fingerprint density at radius 3 is 2.60 bits per heavy atom. The van der Waals surface area contributed by atoms with Crippen molar-refractivity contribution in [2.75, 3.05) is 0 Å². The molecule has 0 aliphatic carbocycles. The summed E-state index contributed by atoms with van der Waals surface area (Å²) in [5, 5.41) is 2.97. The smallest absolute Gasteiger partial charge is 0.220 e. The summed E-state index contributed by atoms with van der Waals surface area (Å²) < 4.78 is 0. The van der Waals surface area contributed by atoms with Crippen molar-refractivity contribution >= 4 is 5.91 Å². The molecule has 0 aliphatic rings. The topological polar surface area (TPSA) is 29.1 Å². The van der Waals surface area contributed by atoms with Gasteiger partial charge in [-0.3, -0.25) is 4.79 Å². The maximum absolute atomic E-state index is 11.3. The standard InChI is InChI=1S/C13H19NO/c1-5-13(15)14-11(4)12-7-6-9(2)8-10(12)3/h6-8,11H,5H2,1-4H3,(H,14,15)/t11-/m1/s1. The minimum absolute atomic E-state index is 0.0954. The van der Waals surface area contributed by atoms with E-state index in [0.29, 0.717) is 6.42 Å². The monoisotopic (exact) mass is 205 g/mol. The fourth-order valence-corrected chi connectivity index (χ4v) is 1.73. The van der Waals surface area contributed by atoms with Crippen LogP contribution in [0.2, 0.25) is 0 Å². The summed E-state index contributed by atoms with van der Waals surface area (Å²) in [7, 11) is 0. The molecule has 0 heterocycles. The van der Waals surface area contributed by atoms with Gasteiger partial charge in [0.25, 0.3) is 0 Å². The first kappa shape index (κ1) is 11.8. The average Bonchev–Trinajstić information content (AvgIpc) is 2.17. The zero-order valence-electron chi connectivity index (χ0n) is 9.92. The van der Waals surface area contributed by atoms with E-state index < -0.39 is 0 Å². The summed E-state index contributed by atoms with van der Waals surface area (Å²) in [5.41, 5.74) is 3.69. The number of carbonyl (C=O) groups excluding carboxylic acids is 1. The van der Waals surface area contributed by atoms with Gasteiger partial charge in [-0.25, -0.2) is 0 Å². The van der Waals surface area contributed by atoms with Crippen LogP contribution in [0.4, 0.5) is 0 Å². The number of aryl methyl sites for hydroxylation is 2. The van der Waals surface area contributed by atoms with Crippen LogP contribution in [0.25, 0.3) is 0 Å². The van der Waals surface area contributed by atoms with Crippen LogP contribution in [0.5, 0.6) is 0 Å². The van der Waals surface area contributed by atoms with Gasteiger partial charge in [0.05, 0.1) is 6.04 Å². The Bertz CT molecular complexity index is 358. The van der Waals surface area contributed by atoms with Crippen LogP contribution in [0, 0.1) is 13.8 Å². The Morgan fingerprint density at radius 1 is 1.40 bits per heavy atom. The first-order chi connectivity index (χ1) is 7.04. The molecule has 0 saturated carbocycles. The summed E-state index contributed by atoms with van der Waals surface area (Å²) in [6.07, 6.45) is 0.537. The second-order valence-corrected chi connectivity index (χ2v) is 4.00. The Balaban J connectivity index is 2.82. The first-order valence-corrected chi connectivity index (χ1v) is 5.41. The zero-order valence-corrected chi connectivity index (χ0v) is 9.92. The zero-order chi connectivity index (χ0) is 11.4. The molecule has 1 atom stereocenters. The molecule has 0 bridgehead atoms. The molecule has 0 unspecified atom stereocenters. The molecule has 82 valence electrons. The molecule has 1 N–H and O–H groups in total. The highest BCUT2D eigenvalue weighted by Crippen LogP contribution is 2.18. The van der Waals surface area contributed by atoms with Crippen LogP contribution in [0.15, 0.2) is 18.2 Å². The van der Waals surface area contributed by atoms with E-state index in [1.165, 1.54) is 16.7 Å². The van der Waals surface area contributed by atoms with E-state index in [4.69, 9.17) is 0 Å². The fourth-order valence-electron chi connectivity index (χ4n) is 1.73. The number of benzene rings is 1. The molecule has 15 heavy (non-hydrogen) atoms. The van der Waals surface area contributed by atoms with Gasteiger partial charge in [0.1, 0.15) is 0 Å². The van der Waals surface area contributed by atoms with Crippen LogP contribution < -0.4 is 5.32 Å². The lowest BCUT2D eigenvalue weighted by Crippen LogP contribution is -2.26. The van der Waals surface area contributed by atoms with Gasteiger partial charge in [0.2, 0.25) is 5.91 Å². The maximum Gasteiger partial charge on any atom is 0.220 e. The molecule has 0 saturated heterocycles. The summed E-state index contributed by atoms with van der Waals surface area (Å²) in [6, 6.07) is 6.41. The van der Waals surface area contributed by atoms with Crippen molar-refractivity contribution in [1.29, 1.82) is 0 Å². The number of nitrogens with one attached hydrogen (secondary N) is 1. The van der Waals surface area contributed by atoms with Gasteiger partial charge < -0.3 is 5.32 Å². The molecule has 0 aromatic heterocycles. The van der Waals surface area contributed by atoms with Crippen molar-refractivity contribution in [3.63, 3.8) is 0 Å². The van der Waals surface area contributed by atoms with Crippen molar-refractivity contribution in [2.24, 2.45) is 0 Å². The molecule has 1 aromatic rings. The summed E-state index contributed by atoms with van der Waals surface area (Å²) >= 11 is 0. The predicted molar refractivity (Wildman–Crippen MR) is 62.8 cm³/mol. The van der Waals surface area contributed by atoms with E-state index >= 15 is 0 Å². The highest BCUT2D eigenvalue weighted by atomic mass is 16.1. The van der Waals surface area contributed by atoms with Gasteiger partial charge in [-0.15, -0.1) is 0 Å². The molecule has 1 rings (SSSR count). The molecule has 0 spiro atoms. The van der Waals surface area contributed by atoms with Crippen molar-refractivity contribution in [3.8, 4) is 0 Å². The third kappa shape index (κ3) is 3.08. The molecule has 0 fully saturated rings. The van der Waals surface area contributed by atoms with E-state index in [1.807, 2.05) is 13.8 Å². The van der Waals surface area contributed by atoms with E-state index in [0.717, 1.165) is 0 Å². The van der Waals surface area contributed by atoms with Gasteiger partial charge in [0, 0.05) is 6.42 Å². The largest absolute Gasteiger partial charge is 0.350 e. The number of rotatable bonds is 3. The number of hydrogen-bond acceptors (Lipinski definition) is 1. The Hall–Kier alpha value is -1.31. The van der Waals surface area contributed by atoms with Gasteiger partial charge >= 0.3 is 0 Å². The van der Waals surface area contributed by atoms with Crippen molar-refractivity contribution in [1.82, 2.24) is 5.32 Å². The van der Waals surface area contributed by atoms with Gasteiger partial charge in [-0.2, -0.15) is 0 Å². The minimum Gasteiger partial charge on any atom is -0.350 e. The van der Waals surface area contributed by atoms with Crippen molar-refractivity contribution in [3.05, 3.63) is 34.9 Å². The normalized spacial score (nSPS) is 12.3. The Kier molecular flexibility index (Phi) is 3.89. The van der Waals surface area contributed by atoms with Crippen LogP contribution >= 0.6 is 0 Å². The number of amides is 1. The van der Waals surface area contributed by atoms with Crippen LogP contribution in [-0.4, -0.2) is 5.91 Å². The van der Waals surface area contributed by atoms with Gasteiger partial charge in [-0.1, -0.05) is 30.7 Å². The third-order valence-corrected chi connectivity index (χ3v) is 2.59. The van der Waals surface area contributed by atoms with E-state index in [1.54, 1.807) is 0 Å². The average molecular weight is 205 g/mol. The number of carbonyl (C=O) groups is 1. The summed E-state index contributed by atoms with van der Waals surface area (Å²) in [6.45, 7) is 8.04. The minimum atomic E-state index is 0.0954. The summed E-state index contributed by atoms with van der Waals surface area (Å²) in [5.74, 6) is 0.0995. The molecular weight excluding hydrogens is 186 g/mol. The second-order valence-electron chi connectivity index (χ2n) is 4.00. The van der Waals surface area contributed by atoms with E-state index in [-0.39, 0.29) is 11.9 Å². The fraction of sp³-hybridized carbons (Fsp3) is 0.462. The molecule has 2 nitrogen and oxygen atoms in total. The van der Waals surface area contributed by atoms with Crippen molar-refractivity contribution < 1.29 is 4.79 Å². The van der Waals surface area contributed by atoms with E-state index in [9.17, 15) is 4.79 Å². The van der Waals surface area contributed by atoms with Gasteiger partial charge in [0.15, 0.2) is 0 Å². The Morgan fingerprint density at radius 2 is 2.07 bits per heavy atom. The quantitative estimate of drug-likeness (QED) is 0.807. The first-order valence-electron chi connectivity index (χ1n) is 5.41. The lowest BCUT2D eigenvalue weighted by Gasteiger charge is -2.16. The predicted octanol–water partition coefficient (Wildman–Crippen LogP) is 2.89. The number of hydrogen-bond donors (Lipinski definition) is 1.